The zero-order valence-electron chi connectivity index (χ0n) is 10.8. The molecule has 0 radical (unpaired) electrons. The van der Waals surface area contributed by atoms with Gasteiger partial charge in [-0.25, -0.2) is 0 Å². The maximum atomic E-state index is 10.3. The van der Waals surface area contributed by atoms with Gasteiger partial charge in [0.1, 0.15) is 5.75 Å². The molecular formula is C13H20ClNO2. The summed E-state index contributed by atoms with van der Waals surface area (Å²) < 4.78 is 5.51. The van der Waals surface area contributed by atoms with Crippen molar-refractivity contribution in [2.45, 2.75) is 26.0 Å². The van der Waals surface area contributed by atoms with Gasteiger partial charge >= 0.3 is 0 Å². The van der Waals surface area contributed by atoms with Gasteiger partial charge in [-0.2, -0.15) is 0 Å². The van der Waals surface area contributed by atoms with Crippen molar-refractivity contribution in [3.8, 4) is 5.75 Å². The number of rotatable bonds is 5. The van der Waals surface area contributed by atoms with Crippen LogP contribution < -0.4 is 4.74 Å². The van der Waals surface area contributed by atoms with Crippen LogP contribution in [0.15, 0.2) is 18.2 Å². The molecule has 1 rings (SSSR count). The molecule has 1 N–H and O–H groups in total. The zero-order valence-corrected chi connectivity index (χ0v) is 11.5. The topological polar surface area (TPSA) is 32.7 Å². The Kier molecular flexibility index (Phi) is 5.25. The minimum absolute atomic E-state index is 0.00678. The number of aliphatic hydroxyl groups excluding tert-OH is 1. The molecule has 0 aliphatic rings. The third kappa shape index (κ3) is 3.35. The predicted octanol–water partition coefficient (Wildman–Crippen LogP) is 2.72. The highest BCUT2D eigenvalue weighted by atomic mass is 35.5. The van der Waals surface area contributed by atoms with Gasteiger partial charge in [-0.05, 0) is 34.0 Å². The molecule has 0 aromatic heterocycles. The lowest BCUT2D eigenvalue weighted by Gasteiger charge is -2.27. The van der Waals surface area contributed by atoms with Crippen molar-refractivity contribution < 1.29 is 9.84 Å². The molecule has 2 unspecified atom stereocenters. The fourth-order valence-corrected chi connectivity index (χ4v) is 1.83. The fourth-order valence-electron chi connectivity index (χ4n) is 1.60. The molecule has 96 valence electrons. The molecule has 0 spiro atoms. The highest BCUT2D eigenvalue weighted by molar-refractivity contribution is 6.32. The van der Waals surface area contributed by atoms with Crippen LogP contribution in [-0.2, 0) is 0 Å². The molecule has 2 atom stereocenters. The van der Waals surface area contributed by atoms with Gasteiger partial charge in [-0.15, -0.1) is 0 Å². The molecule has 0 amide bonds. The number of nitrogens with zero attached hydrogens (tertiary/aromatic N) is 1. The summed E-state index contributed by atoms with van der Waals surface area (Å²) in [5.41, 5.74) is 0.737. The Morgan fingerprint density at radius 1 is 1.41 bits per heavy atom. The Bertz CT molecular complexity index is 368. The van der Waals surface area contributed by atoms with Crippen LogP contribution in [0.3, 0.4) is 0 Å². The van der Waals surface area contributed by atoms with Crippen molar-refractivity contribution in [1.82, 2.24) is 4.90 Å². The van der Waals surface area contributed by atoms with Gasteiger partial charge in [-0.1, -0.05) is 23.7 Å². The lowest BCUT2D eigenvalue weighted by atomic mass is 10.0. The summed E-state index contributed by atoms with van der Waals surface area (Å²) in [7, 11) is 3.86. The number of halogens is 1. The van der Waals surface area contributed by atoms with Crippen LogP contribution in [0.25, 0.3) is 0 Å². The molecule has 1 aromatic rings. The summed E-state index contributed by atoms with van der Waals surface area (Å²) in [5, 5.41) is 10.8. The largest absolute Gasteiger partial charge is 0.492 e. The van der Waals surface area contributed by atoms with E-state index < -0.39 is 6.10 Å². The Morgan fingerprint density at radius 2 is 2.06 bits per heavy atom. The van der Waals surface area contributed by atoms with E-state index >= 15 is 0 Å². The van der Waals surface area contributed by atoms with Gasteiger partial charge < -0.3 is 14.7 Å². The minimum Gasteiger partial charge on any atom is -0.492 e. The quantitative estimate of drug-likeness (QED) is 0.881. The summed E-state index contributed by atoms with van der Waals surface area (Å²) in [6.07, 6.45) is -0.620. The van der Waals surface area contributed by atoms with Crippen molar-refractivity contribution in [2.24, 2.45) is 0 Å². The highest BCUT2D eigenvalue weighted by Gasteiger charge is 2.22. The third-order valence-electron chi connectivity index (χ3n) is 2.88. The number of aliphatic hydroxyl groups is 1. The minimum atomic E-state index is -0.620. The molecule has 3 nitrogen and oxygen atoms in total. The average Bonchev–Trinajstić information content (AvgIpc) is 2.30. The van der Waals surface area contributed by atoms with Crippen LogP contribution in [0.1, 0.15) is 25.5 Å². The van der Waals surface area contributed by atoms with Crippen molar-refractivity contribution in [1.29, 1.82) is 0 Å². The monoisotopic (exact) mass is 257 g/mol. The number of para-hydroxylation sites is 1. The van der Waals surface area contributed by atoms with Crippen molar-refractivity contribution in [3.63, 3.8) is 0 Å². The second-order valence-electron chi connectivity index (χ2n) is 4.24. The lowest BCUT2D eigenvalue weighted by Crippen LogP contribution is -2.31. The number of hydrogen-bond donors (Lipinski definition) is 1. The fraction of sp³-hybridized carbons (Fsp3) is 0.538. The predicted molar refractivity (Wildman–Crippen MR) is 70.7 cm³/mol. The third-order valence-corrected chi connectivity index (χ3v) is 3.17. The standard InChI is InChI=1S/C13H20ClNO2/c1-5-17-13-10(7-6-8-11(13)14)12(16)9(2)15(3)4/h6-9,12,16H,5H2,1-4H3. The summed E-state index contributed by atoms with van der Waals surface area (Å²) in [5.74, 6) is 0.581. The van der Waals surface area contributed by atoms with Crippen LogP contribution in [0.2, 0.25) is 5.02 Å². The van der Waals surface area contributed by atoms with Crippen LogP contribution in [-0.4, -0.2) is 36.8 Å². The molecule has 0 fully saturated rings. The number of hydrogen-bond acceptors (Lipinski definition) is 3. The number of ether oxygens (including phenoxy) is 1. The van der Waals surface area contributed by atoms with E-state index in [1.165, 1.54) is 0 Å². The van der Waals surface area contributed by atoms with Crippen LogP contribution >= 0.6 is 11.6 Å². The smallest absolute Gasteiger partial charge is 0.143 e. The first-order valence-corrected chi connectivity index (χ1v) is 6.12. The van der Waals surface area contributed by atoms with E-state index in [-0.39, 0.29) is 6.04 Å². The van der Waals surface area contributed by atoms with E-state index in [1.54, 1.807) is 6.07 Å². The average molecular weight is 258 g/mol. The van der Waals surface area contributed by atoms with Gasteiger partial charge in [-0.3, -0.25) is 0 Å². The van der Waals surface area contributed by atoms with E-state index in [4.69, 9.17) is 16.3 Å². The van der Waals surface area contributed by atoms with Crippen LogP contribution in [0.4, 0.5) is 0 Å². The molecule has 0 aliphatic heterocycles. The Morgan fingerprint density at radius 3 is 2.59 bits per heavy atom. The van der Waals surface area contributed by atoms with Crippen LogP contribution in [0.5, 0.6) is 5.75 Å². The maximum Gasteiger partial charge on any atom is 0.143 e. The van der Waals surface area contributed by atoms with E-state index in [0.29, 0.717) is 17.4 Å². The first-order valence-electron chi connectivity index (χ1n) is 5.74. The van der Waals surface area contributed by atoms with Gasteiger partial charge in [0.2, 0.25) is 0 Å². The van der Waals surface area contributed by atoms with E-state index in [1.807, 2.05) is 45.0 Å². The molecule has 0 saturated heterocycles. The van der Waals surface area contributed by atoms with Gasteiger partial charge in [0.25, 0.3) is 0 Å². The zero-order chi connectivity index (χ0) is 13.0. The van der Waals surface area contributed by atoms with Crippen LogP contribution in [0, 0.1) is 0 Å². The molecule has 0 aliphatic carbocycles. The number of likely N-dealkylation sites (N-methyl/N-ethyl adjacent to an activating group) is 1. The van der Waals surface area contributed by atoms with E-state index in [0.717, 1.165) is 5.56 Å². The molecule has 0 bridgehead atoms. The second kappa shape index (κ2) is 6.24. The van der Waals surface area contributed by atoms with Gasteiger partial charge in [0.05, 0.1) is 17.7 Å². The summed E-state index contributed by atoms with van der Waals surface area (Å²) in [6, 6.07) is 5.43. The first kappa shape index (κ1) is 14.3. The van der Waals surface area contributed by atoms with Gasteiger partial charge in [0, 0.05) is 11.6 Å². The first-order chi connectivity index (χ1) is 7.99. The maximum absolute atomic E-state index is 10.3. The molecule has 0 heterocycles. The molecule has 0 saturated carbocycles. The van der Waals surface area contributed by atoms with Crippen molar-refractivity contribution in [3.05, 3.63) is 28.8 Å². The van der Waals surface area contributed by atoms with E-state index in [2.05, 4.69) is 0 Å². The Hall–Kier alpha value is -0.770. The lowest BCUT2D eigenvalue weighted by molar-refractivity contribution is 0.0831. The summed E-state index contributed by atoms with van der Waals surface area (Å²) in [4.78, 5) is 1.96. The normalized spacial score (nSPS) is 14.8. The van der Waals surface area contributed by atoms with Gasteiger partial charge in [0.15, 0.2) is 0 Å². The number of benzene rings is 1. The van der Waals surface area contributed by atoms with E-state index in [9.17, 15) is 5.11 Å². The Balaban J connectivity index is 3.07. The van der Waals surface area contributed by atoms with Crippen molar-refractivity contribution >= 4 is 11.6 Å². The summed E-state index contributed by atoms with van der Waals surface area (Å²) in [6.45, 7) is 4.38. The summed E-state index contributed by atoms with van der Waals surface area (Å²) >= 11 is 6.09. The molecular weight excluding hydrogens is 238 g/mol. The molecule has 1 aromatic carbocycles. The second-order valence-corrected chi connectivity index (χ2v) is 4.65. The molecule has 17 heavy (non-hydrogen) atoms. The SMILES string of the molecule is CCOc1c(Cl)cccc1C(O)C(C)N(C)C. The molecule has 4 heteroatoms. The highest BCUT2D eigenvalue weighted by Crippen LogP contribution is 2.34. The Labute approximate surface area is 108 Å². The van der Waals surface area contributed by atoms with Crippen molar-refractivity contribution in [2.75, 3.05) is 20.7 Å².